The normalized spacial score (nSPS) is 11.0. The van der Waals surface area contributed by atoms with Crippen LogP contribution in [-0.4, -0.2) is 20.9 Å². The summed E-state index contributed by atoms with van der Waals surface area (Å²) in [5, 5.41) is 10.8. The summed E-state index contributed by atoms with van der Waals surface area (Å²) in [6.07, 6.45) is 0. The first kappa shape index (κ1) is 16.2. The molecule has 8 heteroatoms. The lowest BCUT2D eigenvalue weighted by atomic mass is 10.1. The van der Waals surface area contributed by atoms with Gasteiger partial charge in [-0.2, -0.15) is 5.10 Å². The number of hydrogen-bond donors (Lipinski definition) is 0. The van der Waals surface area contributed by atoms with Crippen molar-refractivity contribution in [3.8, 4) is 10.6 Å². The molecule has 0 aliphatic heterocycles. The van der Waals surface area contributed by atoms with Gasteiger partial charge in [0.2, 0.25) is 0 Å². The Labute approximate surface area is 151 Å². The average molecular weight is 367 g/mol. The first-order valence-corrected chi connectivity index (χ1v) is 8.64. The molecule has 0 N–H and O–H groups in total. The fourth-order valence-electron chi connectivity index (χ4n) is 2.57. The van der Waals surface area contributed by atoms with Crippen molar-refractivity contribution in [3.05, 3.63) is 69.6 Å². The average Bonchev–Trinajstić information content (AvgIpc) is 3.34. The molecule has 3 aromatic heterocycles. The number of fused-ring (bicyclic) bond motifs is 1. The summed E-state index contributed by atoms with van der Waals surface area (Å²) >= 11 is 1.53. The molecule has 0 spiro atoms. The summed E-state index contributed by atoms with van der Waals surface area (Å²) in [7, 11) is 1.50. The summed E-state index contributed by atoms with van der Waals surface area (Å²) in [4.78, 5) is 25.5. The van der Waals surface area contributed by atoms with Crippen LogP contribution in [0, 0.1) is 0 Å². The van der Waals surface area contributed by atoms with Crippen molar-refractivity contribution >= 4 is 28.1 Å². The molecule has 4 aromatic rings. The second-order valence-electron chi connectivity index (χ2n) is 5.56. The number of aryl methyl sites for hydroxylation is 1. The summed E-state index contributed by atoms with van der Waals surface area (Å²) in [6, 6.07) is 12.4. The summed E-state index contributed by atoms with van der Waals surface area (Å²) in [5.41, 5.74) is 0.315. The molecule has 0 radical (unpaired) electrons. The molecule has 4 rings (SSSR count). The fraction of sp³-hybridized carbons (Fsp3) is 0.111. The number of esters is 1. The Morgan fingerprint density at radius 2 is 2.04 bits per heavy atom. The number of rotatable bonds is 4. The van der Waals surface area contributed by atoms with Crippen molar-refractivity contribution in [2.24, 2.45) is 7.05 Å². The van der Waals surface area contributed by atoms with Crippen molar-refractivity contribution in [2.45, 2.75) is 6.61 Å². The van der Waals surface area contributed by atoms with Crippen LogP contribution in [0.15, 0.2) is 57.2 Å². The van der Waals surface area contributed by atoms with Gasteiger partial charge in [-0.25, -0.2) is 9.48 Å². The molecule has 26 heavy (non-hydrogen) atoms. The van der Waals surface area contributed by atoms with E-state index in [0.717, 1.165) is 9.56 Å². The third-order valence-corrected chi connectivity index (χ3v) is 4.71. The molecule has 0 unspecified atom stereocenters. The van der Waals surface area contributed by atoms with Crippen LogP contribution in [0.3, 0.4) is 0 Å². The van der Waals surface area contributed by atoms with E-state index < -0.39 is 5.97 Å². The van der Waals surface area contributed by atoms with E-state index in [4.69, 9.17) is 9.26 Å². The molecular formula is C18H13N3O4S. The maximum atomic E-state index is 12.5. The topological polar surface area (TPSA) is 87.2 Å². The van der Waals surface area contributed by atoms with Crippen LogP contribution < -0.4 is 5.56 Å². The highest BCUT2D eigenvalue weighted by molar-refractivity contribution is 7.13. The van der Waals surface area contributed by atoms with Gasteiger partial charge >= 0.3 is 5.97 Å². The second kappa shape index (κ2) is 6.57. The van der Waals surface area contributed by atoms with E-state index in [1.165, 1.54) is 18.4 Å². The van der Waals surface area contributed by atoms with Gasteiger partial charge in [-0.15, -0.1) is 11.3 Å². The van der Waals surface area contributed by atoms with Crippen LogP contribution in [0.1, 0.15) is 16.2 Å². The third-order valence-electron chi connectivity index (χ3n) is 3.82. The number of ether oxygens (including phenoxy) is 1. The Kier molecular flexibility index (Phi) is 4.10. The fourth-order valence-corrected chi connectivity index (χ4v) is 3.25. The Bertz CT molecular complexity index is 1140. The van der Waals surface area contributed by atoms with Gasteiger partial charge in [0.25, 0.3) is 5.56 Å². The zero-order valence-electron chi connectivity index (χ0n) is 13.7. The zero-order valence-corrected chi connectivity index (χ0v) is 14.5. The van der Waals surface area contributed by atoms with E-state index in [-0.39, 0.29) is 17.9 Å². The van der Waals surface area contributed by atoms with E-state index in [9.17, 15) is 9.59 Å². The van der Waals surface area contributed by atoms with Gasteiger partial charge in [-0.1, -0.05) is 29.4 Å². The van der Waals surface area contributed by atoms with Gasteiger partial charge in [0.1, 0.15) is 12.3 Å². The van der Waals surface area contributed by atoms with Crippen molar-refractivity contribution in [1.29, 1.82) is 0 Å². The van der Waals surface area contributed by atoms with Gasteiger partial charge in [-0.05, 0) is 17.5 Å². The van der Waals surface area contributed by atoms with Gasteiger partial charge < -0.3 is 9.26 Å². The zero-order chi connectivity index (χ0) is 18.1. The Hall–Kier alpha value is -3.26. The number of aromatic nitrogens is 3. The first-order valence-electron chi connectivity index (χ1n) is 7.76. The largest absolute Gasteiger partial charge is 0.454 e. The SMILES string of the molecule is Cn1nc(C(=O)OCc2cc(-c3cccs3)on2)c2ccccc2c1=O. The third kappa shape index (κ3) is 2.91. The first-order chi connectivity index (χ1) is 12.6. The molecule has 0 atom stereocenters. The molecule has 7 nitrogen and oxygen atoms in total. The summed E-state index contributed by atoms with van der Waals surface area (Å²) < 4.78 is 11.7. The number of thiophene rings is 1. The maximum Gasteiger partial charge on any atom is 0.359 e. The monoisotopic (exact) mass is 367 g/mol. The van der Waals surface area contributed by atoms with Crippen molar-refractivity contribution < 1.29 is 14.1 Å². The molecule has 1 aromatic carbocycles. The number of hydrogen-bond acceptors (Lipinski definition) is 7. The van der Waals surface area contributed by atoms with E-state index in [0.29, 0.717) is 22.2 Å². The number of benzene rings is 1. The van der Waals surface area contributed by atoms with E-state index in [1.54, 1.807) is 30.3 Å². The minimum absolute atomic E-state index is 0.0491. The molecular weight excluding hydrogens is 354 g/mol. The van der Waals surface area contributed by atoms with E-state index in [2.05, 4.69) is 10.3 Å². The molecule has 0 aliphatic rings. The minimum Gasteiger partial charge on any atom is -0.454 e. The standard InChI is InChI=1S/C18H13N3O4S/c1-21-17(22)13-6-3-2-5-12(13)16(19-21)18(23)24-10-11-9-14(25-20-11)15-7-4-8-26-15/h2-9H,10H2,1H3. The van der Waals surface area contributed by atoms with Crippen LogP contribution in [0.4, 0.5) is 0 Å². The number of carbonyl (C=O) groups is 1. The molecule has 0 aliphatic carbocycles. The molecule has 0 fully saturated rings. The van der Waals surface area contributed by atoms with Crippen molar-refractivity contribution in [2.75, 3.05) is 0 Å². The molecule has 0 saturated carbocycles. The number of nitrogens with zero attached hydrogens (tertiary/aromatic N) is 3. The Morgan fingerprint density at radius 1 is 1.23 bits per heavy atom. The highest BCUT2D eigenvalue weighted by Gasteiger charge is 2.18. The minimum atomic E-state index is -0.627. The molecule has 130 valence electrons. The van der Waals surface area contributed by atoms with Crippen LogP contribution in [0.2, 0.25) is 0 Å². The van der Waals surface area contributed by atoms with Crippen molar-refractivity contribution in [3.63, 3.8) is 0 Å². The molecule has 0 bridgehead atoms. The van der Waals surface area contributed by atoms with Gasteiger partial charge in [0.15, 0.2) is 11.5 Å². The molecule has 0 amide bonds. The highest BCUT2D eigenvalue weighted by Crippen LogP contribution is 2.25. The van der Waals surface area contributed by atoms with Gasteiger partial charge in [-0.3, -0.25) is 4.79 Å². The van der Waals surface area contributed by atoms with Crippen LogP contribution >= 0.6 is 11.3 Å². The summed E-state index contributed by atoms with van der Waals surface area (Å²) in [6.45, 7) is -0.0491. The van der Waals surface area contributed by atoms with Gasteiger partial charge in [0.05, 0.1) is 10.3 Å². The van der Waals surface area contributed by atoms with Gasteiger partial charge in [0, 0.05) is 18.5 Å². The quantitative estimate of drug-likeness (QED) is 0.515. The van der Waals surface area contributed by atoms with Crippen molar-refractivity contribution in [1.82, 2.24) is 14.9 Å². The lowest BCUT2D eigenvalue weighted by molar-refractivity contribution is 0.0457. The predicted octanol–water partition coefficient (Wildman–Crippen LogP) is 3.01. The maximum absolute atomic E-state index is 12.5. The molecule has 0 saturated heterocycles. The van der Waals surface area contributed by atoms with Crippen LogP contribution in [0.5, 0.6) is 0 Å². The lowest BCUT2D eigenvalue weighted by Crippen LogP contribution is -2.23. The lowest BCUT2D eigenvalue weighted by Gasteiger charge is -2.07. The Balaban J connectivity index is 1.57. The van der Waals surface area contributed by atoms with E-state index in [1.807, 2.05) is 17.5 Å². The number of carbonyl (C=O) groups excluding carboxylic acids is 1. The van der Waals surface area contributed by atoms with E-state index >= 15 is 0 Å². The highest BCUT2D eigenvalue weighted by atomic mass is 32.1. The molecule has 3 heterocycles. The summed E-state index contributed by atoms with van der Waals surface area (Å²) in [5.74, 6) is -0.00537. The smallest absolute Gasteiger partial charge is 0.359 e. The Morgan fingerprint density at radius 3 is 2.81 bits per heavy atom. The second-order valence-corrected chi connectivity index (χ2v) is 6.51. The predicted molar refractivity (Wildman–Crippen MR) is 95.9 cm³/mol. The van der Waals surface area contributed by atoms with Crippen LogP contribution in [-0.2, 0) is 18.4 Å². The van der Waals surface area contributed by atoms with Crippen LogP contribution in [0.25, 0.3) is 21.4 Å².